The van der Waals surface area contributed by atoms with Crippen LogP contribution in [0.2, 0.25) is 0 Å². The predicted octanol–water partition coefficient (Wildman–Crippen LogP) is 2.81. The van der Waals surface area contributed by atoms with Gasteiger partial charge in [0.25, 0.3) is 0 Å². The number of phenols is 1. The number of amides is 2. The van der Waals surface area contributed by atoms with E-state index in [0.29, 0.717) is 0 Å². The van der Waals surface area contributed by atoms with Crippen LogP contribution >= 0.6 is 0 Å². The van der Waals surface area contributed by atoms with Crippen molar-refractivity contribution in [2.75, 3.05) is 5.32 Å². The van der Waals surface area contributed by atoms with Gasteiger partial charge < -0.3 is 10.4 Å². The van der Waals surface area contributed by atoms with Gasteiger partial charge in [-0.3, -0.25) is 5.32 Å². The number of hydrogen-bond donors (Lipinski definition) is 3. The summed E-state index contributed by atoms with van der Waals surface area (Å²) in [4.78, 5) is 15.5. The molecule has 3 N–H and O–H groups in total. The molecule has 2 rings (SSSR count). The molecule has 6 heteroatoms. The third-order valence-electron chi connectivity index (χ3n) is 2.69. The van der Waals surface area contributed by atoms with Gasteiger partial charge in [0.05, 0.1) is 12.2 Å². The van der Waals surface area contributed by atoms with Crippen LogP contribution < -0.4 is 10.6 Å². The molecular weight excluding hydrogens is 261 g/mol. The molecular formula is C14H14FN3O2. The molecule has 0 aliphatic carbocycles. The first-order valence-corrected chi connectivity index (χ1v) is 6.02. The number of nitrogens with one attached hydrogen (secondary N) is 2. The lowest BCUT2D eigenvalue weighted by Crippen LogP contribution is -2.31. The molecule has 5 nitrogen and oxygen atoms in total. The lowest BCUT2D eigenvalue weighted by molar-refractivity contribution is 0.249. The molecule has 20 heavy (non-hydrogen) atoms. The number of hydrogen-bond acceptors (Lipinski definition) is 3. The van der Waals surface area contributed by atoms with Crippen molar-refractivity contribution in [2.45, 2.75) is 13.0 Å². The third-order valence-corrected chi connectivity index (χ3v) is 2.69. The minimum absolute atomic E-state index is 0.136. The molecule has 0 aliphatic rings. The zero-order valence-corrected chi connectivity index (χ0v) is 10.8. The molecule has 0 aliphatic heterocycles. The van der Waals surface area contributed by atoms with Crippen LogP contribution in [0.3, 0.4) is 0 Å². The highest BCUT2D eigenvalue weighted by Crippen LogP contribution is 2.17. The minimum Gasteiger partial charge on any atom is -0.508 e. The van der Waals surface area contributed by atoms with Gasteiger partial charge in [-0.2, -0.15) is 0 Å². The van der Waals surface area contributed by atoms with Crippen molar-refractivity contribution < 1.29 is 14.3 Å². The van der Waals surface area contributed by atoms with E-state index in [2.05, 4.69) is 15.6 Å². The largest absolute Gasteiger partial charge is 0.508 e. The number of halogens is 1. The number of nitrogens with zero attached hydrogens (tertiary/aromatic N) is 1. The molecule has 1 heterocycles. The van der Waals surface area contributed by atoms with E-state index in [4.69, 9.17) is 0 Å². The first kappa shape index (κ1) is 13.8. The molecule has 0 saturated heterocycles. The second-order valence-corrected chi connectivity index (χ2v) is 4.28. The third kappa shape index (κ3) is 3.68. The van der Waals surface area contributed by atoms with E-state index < -0.39 is 11.8 Å². The smallest absolute Gasteiger partial charge is 0.320 e. The second kappa shape index (κ2) is 6.01. The molecule has 0 saturated carbocycles. The average molecular weight is 275 g/mol. The molecule has 0 spiro atoms. The topological polar surface area (TPSA) is 74.2 Å². The van der Waals surface area contributed by atoms with Crippen LogP contribution in [0.4, 0.5) is 15.0 Å². The summed E-state index contributed by atoms with van der Waals surface area (Å²) in [6.07, 6.45) is 1.02. The first-order valence-electron chi connectivity index (χ1n) is 6.02. The molecule has 0 fully saturated rings. The normalized spacial score (nSPS) is 11.7. The summed E-state index contributed by atoms with van der Waals surface area (Å²) >= 11 is 0. The van der Waals surface area contributed by atoms with Crippen LogP contribution in [0.5, 0.6) is 5.75 Å². The maximum atomic E-state index is 12.7. The zero-order chi connectivity index (χ0) is 14.5. The number of phenolic OH excluding ortho intramolecular Hbond substituents is 1. The van der Waals surface area contributed by atoms with Crippen molar-refractivity contribution in [3.05, 3.63) is 54.0 Å². The second-order valence-electron chi connectivity index (χ2n) is 4.28. The Labute approximate surface area is 115 Å². The highest BCUT2D eigenvalue weighted by Gasteiger charge is 2.10. The molecule has 0 bridgehead atoms. The number of aromatic nitrogens is 1. The van der Waals surface area contributed by atoms with Gasteiger partial charge >= 0.3 is 6.03 Å². The Morgan fingerprint density at radius 1 is 1.35 bits per heavy atom. The van der Waals surface area contributed by atoms with Crippen LogP contribution in [-0.2, 0) is 0 Å². The fourth-order valence-corrected chi connectivity index (χ4v) is 1.68. The van der Waals surface area contributed by atoms with Crippen molar-refractivity contribution in [1.82, 2.24) is 10.3 Å². The van der Waals surface area contributed by atoms with Crippen LogP contribution in [-0.4, -0.2) is 16.1 Å². The van der Waals surface area contributed by atoms with E-state index in [1.807, 2.05) is 0 Å². The van der Waals surface area contributed by atoms with Gasteiger partial charge in [-0.05, 0) is 36.8 Å². The van der Waals surface area contributed by atoms with Crippen molar-refractivity contribution in [1.29, 1.82) is 0 Å². The maximum Gasteiger partial charge on any atom is 0.320 e. The van der Waals surface area contributed by atoms with Gasteiger partial charge in [-0.1, -0.05) is 12.1 Å². The number of carbonyl (C=O) groups excluding carboxylic acids is 1. The van der Waals surface area contributed by atoms with E-state index >= 15 is 0 Å². The van der Waals surface area contributed by atoms with E-state index in [9.17, 15) is 14.3 Å². The summed E-state index contributed by atoms with van der Waals surface area (Å²) in [7, 11) is 0. The van der Waals surface area contributed by atoms with Gasteiger partial charge in [0.1, 0.15) is 17.4 Å². The summed E-state index contributed by atoms with van der Waals surface area (Å²) in [6, 6.07) is 8.44. The fraction of sp³-hybridized carbons (Fsp3) is 0.143. The van der Waals surface area contributed by atoms with E-state index in [0.717, 1.165) is 11.8 Å². The van der Waals surface area contributed by atoms with Gasteiger partial charge in [-0.15, -0.1) is 0 Å². The summed E-state index contributed by atoms with van der Waals surface area (Å²) in [5, 5.41) is 14.6. The van der Waals surface area contributed by atoms with Crippen LogP contribution in [0.1, 0.15) is 18.5 Å². The van der Waals surface area contributed by atoms with Crippen LogP contribution in [0.15, 0.2) is 42.6 Å². The van der Waals surface area contributed by atoms with E-state index in [1.165, 1.54) is 12.1 Å². The van der Waals surface area contributed by atoms with Gasteiger partial charge in [0, 0.05) is 0 Å². The number of benzene rings is 1. The molecule has 2 aromatic rings. The number of pyridine rings is 1. The SMILES string of the molecule is CC(NC(=O)Nc1ccc(F)cn1)c1cccc(O)c1. The molecule has 1 atom stereocenters. The highest BCUT2D eigenvalue weighted by molar-refractivity contribution is 5.88. The molecule has 104 valence electrons. The highest BCUT2D eigenvalue weighted by atomic mass is 19.1. The summed E-state index contributed by atoms with van der Waals surface area (Å²) in [6.45, 7) is 1.78. The number of carbonyl (C=O) groups is 1. The number of rotatable bonds is 3. The Morgan fingerprint density at radius 2 is 2.15 bits per heavy atom. The van der Waals surface area contributed by atoms with Crippen LogP contribution in [0.25, 0.3) is 0 Å². The fourth-order valence-electron chi connectivity index (χ4n) is 1.68. The Balaban J connectivity index is 1.95. The standard InChI is InChI=1S/C14H14FN3O2/c1-9(10-3-2-4-12(19)7-10)17-14(20)18-13-6-5-11(15)8-16-13/h2-9,19H,1H3,(H2,16,17,18,20). The number of aromatic hydroxyl groups is 1. The summed E-state index contributed by atoms with van der Waals surface area (Å²) in [5.74, 6) is -0.0761. The quantitative estimate of drug-likeness (QED) is 0.806. The van der Waals surface area contributed by atoms with Gasteiger partial charge in [-0.25, -0.2) is 14.2 Å². The maximum absolute atomic E-state index is 12.7. The molecule has 1 aromatic heterocycles. The minimum atomic E-state index is -0.468. The Morgan fingerprint density at radius 3 is 2.80 bits per heavy atom. The lowest BCUT2D eigenvalue weighted by atomic mass is 10.1. The molecule has 2 amide bonds. The summed E-state index contributed by atoms with van der Waals surface area (Å²) in [5.41, 5.74) is 0.771. The van der Waals surface area contributed by atoms with Crippen molar-refractivity contribution in [3.8, 4) is 5.75 Å². The van der Waals surface area contributed by atoms with E-state index in [-0.39, 0.29) is 17.6 Å². The zero-order valence-electron chi connectivity index (χ0n) is 10.8. The van der Waals surface area contributed by atoms with E-state index in [1.54, 1.807) is 31.2 Å². The Bertz CT molecular complexity index is 602. The van der Waals surface area contributed by atoms with Gasteiger partial charge in [0.2, 0.25) is 0 Å². The molecule has 0 radical (unpaired) electrons. The summed E-state index contributed by atoms with van der Waals surface area (Å²) < 4.78 is 12.7. The lowest BCUT2D eigenvalue weighted by Gasteiger charge is -2.15. The average Bonchev–Trinajstić information content (AvgIpc) is 2.41. The first-order chi connectivity index (χ1) is 9.54. The molecule has 1 aromatic carbocycles. The van der Waals surface area contributed by atoms with Gasteiger partial charge in [0.15, 0.2) is 0 Å². The van der Waals surface area contributed by atoms with Crippen molar-refractivity contribution >= 4 is 11.8 Å². The Kier molecular flexibility index (Phi) is 4.14. The van der Waals surface area contributed by atoms with Crippen molar-refractivity contribution in [3.63, 3.8) is 0 Å². The van der Waals surface area contributed by atoms with Crippen molar-refractivity contribution in [2.24, 2.45) is 0 Å². The Hall–Kier alpha value is -2.63. The number of urea groups is 1. The number of anilines is 1. The monoisotopic (exact) mass is 275 g/mol. The van der Waals surface area contributed by atoms with Crippen LogP contribution in [0, 0.1) is 5.82 Å². The molecule has 1 unspecified atom stereocenters. The predicted molar refractivity (Wildman–Crippen MR) is 72.9 cm³/mol.